The van der Waals surface area contributed by atoms with Gasteiger partial charge < -0.3 is 4.74 Å². The molecule has 0 amide bonds. The summed E-state index contributed by atoms with van der Waals surface area (Å²) in [5.41, 5.74) is 1.13. The normalized spacial score (nSPS) is 27.0. The molecule has 1 aliphatic heterocycles. The molecule has 1 N–H and O–H groups in total. The molecule has 0 radical (unpaired) electrons. The lowest BCUT2D eigenvalue weighted by molar-refractivity contribution is -0.0704. The minimum Gasteiger partial charge on any atom is -0.373 e. The summed E-state index contributed by atoms with van der Waals surface area (Å²) in [6.07, 6.45) is 2.38. The Bertz CT molecular complexity index is 601. The van der Waals surface area contributed by atoms with Crippen molar-refractivity contribution in [1.82, 2.24) is 9.62 Å². The van der Waals surface area contributed by atoms with Crippen LogP contribution in [0.4, 0.5) is 0 Å². The van der Waals surface area contributed by atoms with Gasteiger partial charge >= 0.3 is 0 Å². The number of morpholine rings is 1. The van der Waals surface area contributed by atoms with Gasteiger partial charge in [-0.05, 0) is 44.4 Å². The molecule has 2 aliphatic rings. The zero-order valence-electron chi connectivity index (χ0n) is 13.2. The van der Waals surface area contributed by atoms with Crippen LogP contribution in [-0.2, 0) is 21.3 Å². The monoisotopic (exact) mass is 324 g/mol. The van der Waals surface area contributed by atoms with Gasteiger partial charge in [-0.15, -0.1) is 0 Å². The lowest BCUT2D eigenvalue weighted by atomic mass is 10.1. The second-order valence-corrected chi connectivity index (χ2v) is 8.20. The van der Waals surface area contributed by atoms with Crippen molar-refractivity contribution in [3.05, 3.63) is 29.8 Å². The van der Waals surface area contributed by atoms with Gasteiger partial charge in [0.15, 0.2) is 0 Å². The van der Waals surface area contributed by atoms with Gasteiger partial charge in [-0.2, -0.15) is 0 Å². The Morgan fingerprint density at radius 1 is 1.14 bits per heavy atom. The average molecular weight is 324 g/mol. The molecule has 1 aromatic carbocycles. The van der Waals surface area contributed by atoms with Crippen molar-refractivity contribution < 1.29 is 13.2 Å². The lowest BCUT2D eigenvalue weighted by Gasteiger charge is -2.35. The number of rotatable bonds is 5. The van der Waals surface area contributed by atoms with Crippen molar-refractivity contribution in [2.24, 2.45) is 0 Å². The molecular weight excluding hydrogens is 300 g/mol. The van der Waals surface area contributed by atoms with Crippen LogP contribution < -0.4 is 4.72 Å². The molecular formula is C16H24N2O3S. The van der Waals surface area contributed by atoms with Gasteiger partial charge in [-0.1, -0.05) is 12.1 Å². The maximum Gasteiger partial charge on any atom is 0.240 e. The first-order valence-corrected chi connectivity index (χ1v) is 9.40. The Morgan fingerprint density at radius 2 is 1.73 bits per heavy atom. The fourth-order valence-electron chi connectivity index (χ4n) is 2.93. The topological polar surface area (TPSA) is 58.6 Å². The van der Waals surface area contributed by atoms with E-state index in [-0.39, 0.29) is 18.2 Å². The number of nitrogens with one attached hydrogen (secondary N) is 1. The number of ether oxygens (including phenoxy) is 1. The molecule has 122 valence electrons. The van der Waals surface area contributed by atoms with E-state index in [2.05, 4.69) is 23.5 Å². The number of nitrogens with zero attached hydrogens (tertiary/aromatic N) is 1. The van der Waals surface area contributed by atoms with E-state index < -0.39 is 10.0 Å². The first-order valence-electron chi connectivity index (χ1n) is 7.91. The van der Waals surface area contributed by atoms with Crippen LogP contribution in [0, 0.1) is 0 Å². The third-order valence-electron chi connectivity index (χ3n) is 4.03. The van der Waals surface area contributed by atoms with E-state index in [4.69, 9.17) is 4.74 Å². The van der Waals surface area contributed by atoms with E-state index in [1.54, 1.807) is 12.1 Å². The highest BCUT2D eigenvalue weighted by Gasteiger charge is 2.28. The molecule has 3 rings (SSSR count). The van der Waals surface area contributed by atoms with Crippen LogP contribution in [0.15, 0.2) is 29.2 Å². The average Bonchev–Trinajstić information content (AvgIpc) is 3.21. The maximum absolute atomic E-state index is 12.1. The first-order chi connectivity index (χ1) is 10.4. The predicted molar refractivity (Wildman–Crippen MR) is 85.1 cm³/mol. The van der Waals surface area contributed by atoms with Crippen molar-refractivity contribution in [2.45, 2.75) is 56.4 Å². The summed E-state index contributed by atoms with van der Waals surface area (Å²) in [6, 6.07) is 7.36. The molecule has 5 nitrogen and oxygen atoms in total. The third kappa shape index (κ3) is 4.07. The molecule has 1 saturated carbocycles. The van der Waals surface area contributed by atoms with E-state index in [9.17, 15) is 8.42 Å². The molecule has 1 heterocycles. The SMILES string of the molecule is C[C@@H]1CN(Cc2ccc(S(=O)(=O)NC3CC3)cc2)C[C@H](C)O1. The largest absolute Gasteiger partial charge is 0.373 e. The number of hydrogen-bond donors (Lipinski definition) is 1. The fraction of sp³-hybridized carbons (Fsp3) is 0.625. The van der Waals surface area contributed by atoms with Crippen LogP contribution in [0.3, 0.4) is 0 Å². The van der Waals surface area contributed by atoms with Crippen molar-refractivity contribution in [3.63, 3.8) is 0 Å². The fourth-order valence-corrected chi connectivity index (χ4v) is 4.24. The lowest BCUT2D eigenvalue weighted by Crippen LogP contribution is -2.44. The summed E-state index contributed by atoms with van der Waals surface area (Å²) in [6.45, 7) is 6.82. The van der Waals surface area contributed by atoms with Crippen molar-refractivity contribution >= 4 is 10.0 Å². The van der Waals surface area contributed by atoms with Crippen LogP contribution in [0.1, 0.15) is 32.3 Å². The van der Waals surface area contributed by atoms with Crippen LogP contribution >= 0.6 is 0 Å². The van der Waals surface area contributed by atoms with Gasteiger partial charge in [0.25, 0.3) is 0 Å². The summed E-state index contributed by atoms with van der Waals surface area (Å²) < 4.78 is 32.7. The Hall–Kier alpha value is -0.950. The van der Waals surface area contributed by atoms with E-state index in [0.717, 1.165) is 38.0 Å². The van der Waals surface area contributed by atoms with Crippen molar-refractivity contribution in [3.8, 4) is 0 Å². The molecule has 2 atom stereocenters. The van der Waals surface area contributed by atoms with Crippen LogP contribution in [0.25, 0.3) is 0 Å². The summed E-state index contributed by atoms with van der Waals surface area (Å²) in [5, 5.41) is 0. The van der Waals surface area contributed by atoms with Crippen LogP contribution in [-0.4, -0.2) is 44.7 Å². The molecule has 22 heavy (non-hydrogen) atoms. The van der Waals surface area contributed by atoms with E-state index >= 15 is 0 Å². The quantitative estimate of drug-likeness (QED) is 0.896. The molecule has 0 unspecified atom stereocenters. The van der Waals surface area contributed by atoms with Gasteiger partial charge in [0.1, 0.15) is 0 Å². The summed E-state index contributed by atoms with van der Waals surface area (Å²) >= 11 is 0. The summed E-state index contributed by atoms with van der Waals surface area (Å²) in [5.74, 6) is 0. The third-order valence-corrected chi connectivity index (χ3v) is 5.57. The Morgan fingerprint density at radius 3 is 2.27 bits per heavy atom. The van der Waals surface area contributed by atoms with Crippen LogP contribution in [0.5, 0.6) is 0 Å². The standard InChI is InChI=1S/C16H24N2O3S/c1-12-9-18(10-13(2)21-12)11-14-3-7-16(8-4-14)22(19,20)17-15-5-6-15/h3-4,7-8,12-13,15,17H,5-6,9-11H2,1-2H3/t12-,13+. The molecule has 1 aliphatic carbocycles. The second kappa shape index (κ2) is 6.28. The Balaban J connectivity index is 1.63. The Kier molecular flexibility index (Phi) is 4.54. The van der Waals surface area contributed by atoms with Crippen LogP contribution in [0.2, 0.25) is 0 Å². The van der Waals surface area contributed by atoms with Gasteiger partial charge in [0.2, 0.25) is 10.0 Å². The van der Waals surface area contributed by atoms with E-state index in [1.807, 2.05) is 12.1 Å². The zero-order chi connectivity index (χ0) is 15.7. The minimum atomic E-state index is -3.35. The molecule has 0 aromatic heterocycles. The number of hydrogen-bond acceptors (Lipinski definition) is 4. The van der Waals surface area contributed by atoms with Gasteiger partial charge in [-0.25, -0.2) is 13.1 Å². The minimum absolute atomic E-state index is 0.140. The maximum atomic E-state index is 12.1. The summed E-state index contributed by atoms with van der Waals surface area (Å²) in [4.78, 5) is 2.71. The van der Waals surface area contributed by atoms with E-state index in [1.165, 1.54) is 0 Å². The van der Waals surface area contributed by atoms with Gasteiger partial charge in [0, 0.05) is 25.7 Å². The molecule has 0 bridgehead atoms. The Labute approximate surface area is 132 Å². The molecule has 6 heteroatoms. The smallest absolute Gasteiger partial charge is 0.240 e. The van der Waals surface area contributed by atoms with Gasteiger partial charge in [0.05, 0.1) is 17.1 Å². The number of benzene rings is 1. The van der Waals surface area contributed by atoms with Gasteiger partial charge in [-0.3, -0.25) is 4.90 Å². The summed E-state index contributed by atoms with van der Waals surface area (Å²) in [7, 11) is -3.35. The molecule has 1 saturated heterocycles. The first kappa shape index (κ1) is 15.9. The molecule has 0 spiro atoms. The second-order valence-electron chi connectivity index (χ2n) is 6.49. The van der Waals surface area contributed by atoms with Crippen molar-refractivity contribution in [2.75, 3.05) is 13.1 Å². The highest BCUT2D eigenvalue weighted by Crippen LogP contribution is 2.22. The van der Waals surface area contributed by atoms with E-state index in [0.29, 0.717) is 4.90 Å². The zero-order valence-corrected chi connectivity index (χ0v) is 14.0. The molecule has 2 fully saturated rings. The number of sulfonamides is 1. The predicted octanol–water partition coefficient (Wildman–Crippen LogP) is 1.74. The highest BCUT2D eigenvalue weighted by molar-refractivity contribution is 7.89. The highest BCUT2D eigenvalue weighted by atomic mass is 32.2. The van der Waals surface area contributed by atoms with Crippen molar-refractivity contribution in [1.29, 1.82) is 0 Å². The molecule has 1 aromatic rings.